The lowest BCUT2D eigenvalue weighted by atomic mass is 10.0. The van der Waals surface area contributed by atoms with Crippen LogP contribution in [-0.4, -0.2) is 77.3 Å². The van der Waals surface area contributed by atoms with Gasteiger partial charge in [0, 0.05) is 38.3 Å². The van der Waals surface area contributed by atoms with Crippen LogP contribution in [0.2, 0.25) is 0 Å². The van der Waals surface area contributed by atoms with Gasteiger partial charge >= 0.3 is 6.09 Å². The first-order valence-electron chi connectivity index (χ1n) is 11.5. The average Bonchev–Trinajstić information content (AvgIpc) is 3.02. The minimum Gasteiger partial charge on any atom is -0.444 e. The quantitative estimate of drug-likeness (QED) is 0.671. The highest BCUT2D eigenvalue weighted by atomic mass is 16.6. The van der Waals surface area contributed by atoms with Crippen LogP contribution in [0.4, 0.5) is 10.5 Å². The molecular weight excluding hydrogens is 440 g/mol. The fourth-order valence-corrected chi connectivity index (χ4v) is 4.65. The molecule has 1 N–H and O–H groups in total. The van der Waals surface area contributed by atoms with Crippen molar-refractivity contribution in [2.75, 3.05) is 25.0 Å². The van der Waals surface area contributed by atoms with Crippen LogP contribution in [0.5, 0.6) is 0 Å². The van der Waals surface area contributed by atoms with Crippen LogP contribution in [-0.2, 0) is 14.3 Å². The maximum atomic E-state index is 13.1. The maximum absolute atomic E-state index is 13.1. The van der Waals surface area contributed by atoms with E-state index >= 15 is 0 Å². The SMILES string of the molecule is CN(C(=O)OC(C)(C)C)C1CCN(c2ccc3c(c2)C(=O)N(C2CCC(=O)NC2=O)C3=O)CC1. The molecule has 182 valence electrons. The molecule has 1 aromatic rings. The van der Waals surface area contributed by atoms with Crippen molar-refractivity contribution in [1.82, 2.24) is 15.1 Å². The molecule has 2 saturated heterocycles. The van der Waals surface area contributed by atoms with E-state index in [2.05, 4.69) is 10.2 Å². The second-order valence-electron chi connectivity index (χ2n) is 9.99. The van der Waals surface area contributed by atoms with Gasteiger partial charge in [-0.3, -0.25) is 29.4 Å². The van der Waals surface area contributed by atoms with Crippen LogP contribution in [0.1, 0.15) is 67.2 Å². The van der Waals surface area contributed by atoms with E-state index in [1.807, 2.05) is 20.8 Å². The largest absolute Gasteiger partial charge is 0.444 e. The number of hydrogen-bond donors (Lipinski definition) is 1. The van der Waals surface area contributed by atoms with E-state index in [0.29, 0.717) is 13.1 Å². The van der Waals surface area contributed by atoms with Gasteiger partial charge in [0.25, 0.3) is 11.8 Å². The van der Waals surface area contributed by atoms with Crippen molar-refractivity contribution >= 4 is 35.4 Å². The van der Waals surface area contributed by atoms with Gasteiger partial charge in [0.1, 0.15) is 11.6 Å². The molecule has 10 heteroatoms. The van der Waals surface area contributed by atoms with Gasteiger partial charge in [-0.15, -0.1) is 0 Å². The van der Waals surface area contributed by atoms with Gasteiger partial charge in [-0.1, -0.05) is 0 Å². The lowest BCUT2D eigenvalue weighted by Gasteiger charge is -2.38. The highest BCUT2D eigenvalue weighted by molar-refractivity contribution is 6.23. The summed E-state index contributed by atoms with van der Waals surface area (Å²) < 4.78 is 5.46. The summed E-state index contributed by atoms with van der Waals surface area (Å²) in [5, 5.41) is 2.20. The second kappa shape index (κ2) is 8.73. The number of ether oxygens (including phenoxy) is 1. The molecule has 0 aliphatic carbocycles. The smallest absolute Gasteiger partial charge is 0.410 e. The van der Waals surface area contributed by atoms with Gasteiger partial charge in [-0.25, -0.2) is 4.79 Å². The molecule has 0 bridgehead atoms. The molecule has 3 aliphatic heterocycles. The maximum Gasteiger partial charge on any atom is 0.410 e. The van der Waals surface area contributed by atoms with Crippen molar-refractivity contribution in [2.45, 2.75) is 64.1 Å². The Hall–Kier alpha value is -3.43. The van der Waals surface area contributed by atoms with E-state index in [4.69, 9.17) is 4.74 Å². The Morgan fingerprint density at radius 2 is 1.68 bits per heavy atom. The molecule has 0 saturated carbocycles. The van der Waals surface area contributed by atoms with Crippen molar-refractivity contribution in [3.05, 3.63) is 29.3 Å². The monoisotopic (exact) mass is 470 g/mol. The number of hydrogen-bond acceptors (Lipinski definition) is 7. The number of fused-ring (bicyclic) bond motifs is 1. The summed E-state index contributed by atoms with van der Waals surface area (Å²) in [5.74, 6) is -2.06. The Bertz CT molecular complexity index is 1050. The summed E-state index contributed by atoms with van der Waals surface area (Å²) in [4.78, 5) is 66.7. The van der Waals surface area contributed by atoms with Crippen LogP contribution in [0, 0.1) is 0 Å². The minimum atomic E-state index is -0.979. The number of nitrogens with zero attached hydrogens (tertiary/aromatic N) is 3. The van der Waals surface area contributed by atoms with Gasteiger partial charge in [-0.2, -0.15) is 0 Å². The molecule has 0 aromatic heterocycles. The topological polar surface area (TPSA) is 116 Å². The molecule has 0 spiro atoms. The number of benzene rings is 1. The Kier molecular flexibility index (Phi) is 6.09. The number of imide groups is 2. The summed E-state index contributed by atoms with van der Waals surface area (Å²) in [6, 6.07) is 4.18. The first-order valence-corrected chi connectivity index (χ1v) is 11.5. The lowest BCUT2D eigenvalue weighted by molar-refractivity contribution is -0.136. The lowest BCUT2D eigenvalue weighted by Crippen LogP contribution is -2.54. The van der Waals surface area contributed by atoms with Gasteiger partial charge in [0.05, 0.1) is 11.1 Å². The number of rotatable bonds is 3. The standard InChI is InChI=1S/C24H30N4O6/c1-24(2,3)34-23(33)26(4)14-9-11-27(12-10-14)15-5-6-16-17(13-15)22(32)28(21(16)31)18-7-8-19(29)25-20(18)30/h5-6,13-14,18H,7-12H2,1-4H3,(H,25,29,30). The Balaban J connectivity index is 1.43. The van der Waals surface area contributed by atoms with Crippen LogP contribution >= 0.6 is 0 Å². The van der Waals surface area contributed by atoms with Crippen molar-refractivity contribution in [3.63, 3.8) is 0 Å². The van der Waals surface area contributed by atoms with Crippen molar-refractivity contribution in [1.29, 1.82) is 0 Å². The third-order valence-electron chi connectivity index (χ3n) is 6.48. The predicted octanol–water partition coefficient (Wildman–Crippen LogP) is 1.92. The first kappa shape index (κ1) is 23.7. The number of piperidine rings is 2. The third kappa shape index (κ3) is 4.49. The third-order valence-corrected chi connectivity index (χ3v) is 6.48. The summed E-state index contributed by atoms with van der Waals surface area (Å²) in [7, 11) is 1.75. The minimum absolute atomic E-state index is 0.0479. The van der Waals surface area contributed by atoms with Gasteiger partial charge in [-0.05, 0) is 58.2 Å². The normalized spacial score (nSPS) is 21.5. The number of carbonyl (C=O) groups is 5. The van der Waals surface area contributed by atoms with E-state index < -0.39 is 35.3 Å². The molecule has 1 atom stereocenters. The molecular formula is C24H30N4O6. The molecule has 3 heterocycles. The molecule has 1 aromatic carbocycles. The number of carbonyl (C=O) groups excluding carboxylic acids is 5. The highest BCUT2D eigenvalue weighted by Crippen LogP contribution is 2.32. The zero-order valence-electron chi connectivity index (χ0n) is 19.9. The van der Waals surface area contributed by atoms with Crippen molar-refractivity contribution in [2.24, 2.45) is 0 Å². The van der Waals surface area contributed by atoms with Crippen molar-refractivity contribution in [3.8, 4) is 0 Å². The van der Waals surface area contributed by atoms with Crippen LogP contribution in [0.25, 0.3) is 0 Å². The molecule has 34 heavy (non-hydrogen) atoms. The zero-order chi connectivity index (χ0) is 24.8. The number of nitrogens with one attached hydrogen (secondary N) is 1. The number of anilines is 1. The zero-order valence-corrected chi connectivity index (χ0v) is 19.9. The number of amides is 5. The Labute approximate surface area is 198 Å². The molecule has 5 amide bonds. The first-order chi connectivity index (χ1) is 16.0. The Morgan fingerprint density at radius 1 is 1.03 bits per heavy atom. The summed E-state index contributed by atoms with van der Waals surface area (Å²) in [6.45, 7) is 6.86. The molecule has 0 radical (unpaired) electrons. The van der Waals surface area contributed by atoms with E-state index in [9.17, 15) is 24.0 Å². The van der Waals surface area contributed by atoms with Crippen LogP contribution in [0.3, 0.4) is 0 Å². The van der Waals surface area contributed by atoms with E-state index in [1.54, 1.807) is 30.1 Å². The summed E-state index contributed by atoms with van der Waals surface area (Å²) >= 11 is 0. The molecule has 2 fully saturated rings. The molecule has 3 aliphatic rings. The van der Waals surface area contributed by atoms with Gasteiger partial charge in [0.2, 0.25) is 11.8 Å². The second-order valence-corrected chi connectivity index (χ2v) is 9.99. The van der Waals surface area contributed by atoms with E-state index in [1.165, 1.54) is 0 Å². The van der Waals surface area contributed by atoms with Gasteiger partial charge in [0.15, 0.2) is 0 Å². The van der Waals surface area contributed by atoms with E-state index in [0.717, 1.165) is 23.4 Å². The van der Waals surface area contributed by atoms with Crippen LogP contribution in [0.15, 0.2) is 18.2 Å². The summed E-state index contributed by atoms with van der Waals surface area (Å²) in [6.07, 6.45) is 1.34. The van der Waals surface area contributed by atoms with Crippen molar-refractivity contribution < 1.29 is 28.7 Å². The molecule has 4 rings (SSSR count). The van der Waals surface area contributed by atoms with Gasteiger partial charge < -0.3 is 14.5 Å². The fraction of sp³-hybridized carbons (Fsp3) is 0.542. The predicted molar refractivity (Wildman–Crippen MR) is 122 cm³/mol. The summed E-state index contributed by atoms with van der Waals surface area (Å²) in [5.41, 5.74) is 0.781. The Morgan fingerprint density at radius 3 is 2.29 bits per heavy atom. The van der Waals surface area contributed by atoms with E-state index in [-0.39, 0.29) is 36.1 Å². The molecule has 10 nitrogen and oxygen atoms in total. The average molecular weight is 471 g/mol. The van der Waals surface area contributed by atoms with Crippen LogP contribution < -0.4 is 10.2 Å². The fourth-order valence-electron chi connectivity index (χ4n) is 4.65. The highest BCUT2D eigenvalue weighted by Gasteiger charge is 2.44. The molecule has 1 unspecified atom stereocenters.